The molecule has 0 fully saturated rings. The minimum Gasteiger partial charge on any atom is -0.477 e. The molecule has 0 unspecified atom stereocenters. The number of aromatic nitrogens is 2. The molecule has 0 aliphatic rings. The van der Waals surface area contributed by atoms with Crippen molar-refractivity contribution in [1.29, 1.82) is 0 Å². The number of rotatable bonds is 5. The molecule has 0 atom stereocenters. The number of nitrogens with two attached hydrogens (primary N) is 1. The zero-order valence-corrected chi connectivity index (χ0v) is 9.66. The van der Waals surface area contributed by atoms with Crippen molar-refractivity contribution in [2.45, 2.75) is 33.6 Å². The molecule has 15 heavy (non-hydrogen) atoms. The summed E-state index contributed by atoms with van der Waals surface area (Å²) in [5.41, 5.74) is 6.64. The number of nitrogen functional groups attached to an aromatic ring is 1. The highest BCUT2D eigenvalue weighted by atomic mass is 16.5. The van der Waals surface area contributed by atoms with E-state index in [2.05, 4.69) is 23.8 Å². The van der Waals surface area contributed by atoms with Gasteiger partial charge >= 0.3 is 0 Å². The van der Waals surface area contributed by atoms with Crippen LogP contribution in [0.1, 0.15) is 32.8 Å². The lowest BCUT2D eigenvalue weighted by atomic mass is 10.1. The van der Waals surface area contributed by atoms with E-state index in [0.29, 0.717) is 24.2 Å². The van der Waals surface area contributed by atoms with E-state index in [1.165, 1.54) is 6.33 Å². The highest BCUT2D eigenvalue weighted by Gasteiger charge is 2.08. The number of nitrogens with zero attached hydrogens (tertiary/aromatic N) is 2. The summed E-state index contributed by atoms with van der Waals surface area (Å²) in [6.45, 7) is 7.03. The van der Waals surface area contributed by atoms with Gasteiger partial charge in [0.1, 0.15) is 12.1 Å². The van der Waals surface area contributed by atoms with Crippen LogP contribution in [-0.2, 0) is 6.42 Å². The van der Waals surface area contributed by atoms with Gasteiger partial charge in [0.2, 0.25) is 5.88 Å². The van der Waals surface area contributed by atoms with Crippen molar-refractivity contribution < 1.29 is 4.74 Å². The van der Waals surface area contributed by atoms with Crippen molar-refractivity contribution in [3.63, 3.8) is 0 Å². The summed E-state index contributed by atoms with van der Waals surface area (Å²) in [4.78, 5) is 8.03. The minimum absolute atomic E-state index is 0.520. The Kier molecular flexibility index (Phi) is 4.34. The normalized spacial score (nSPS) is 10.7. The van der Waals surface area contributed by atoms with Gasteiger partial charge in [0.15, 0.2) is 0 Å². The molecule has 1 rings (SSSR count). The van der Waals surface area contributed by atoms with Gasteiger partial charge in [0.05, 0.1) is 12.2 Å². The molecule has 0 aliphatic carbocycles. The SMILES string of the molecule is CCc1c(N)ncnc1OCCC(C)C. The van der Waals surface area contributed by atoms with Crippen LogP contribution in [0.25, 0.3) is 0 Å². The summed E-state index contributed by atoms with van der Waals surface area (Å²) < 4.78 is 5.59. The molecule has 4 nitrogen and oxygen atoms in total. The van der Waals surface area contributed by atoms with E-state index in [9.17, 15) is 0 Å². The topological polar surface area (TPSA) is 61.0 Å². The predicted molar refractivity (Wildman–Crippen MR) is 60.8 cm³/mol. The standard InChI is InChI=1S/C11H19N3O/c1-4-9-10(12)13-7-14-11(9)15-6-5-8(2)3/h7-8H,4-6H2,1-3H3,(H2,12,13,14). The second-order valence-corrected chi connectivity index (χ2v) is 3.93. The van der Waals surface area contributed by atoms with Crippen LogP contribution in [0.4, 0.5) is 5.82 Å². The largest absolute Gasteiger partial charge is 0.477 e. The first-order valence-electron chi connectivity index (χ1n) is 5.37. The molecule has 1 aromatic heterocycles. The van der Waals surface area contributed by atoms with Crippen molar-refractivity contribution >= 4 is 5.82 Å². The van der Waals surface area contributed by atoms with Crippen LogP contribution >= 0.6 is 0 Å². The summed E-state index contributed by atoms with van der Waals surface area (Å²) in [6, 6.07) is 0. The summed E-state index contributed by atoms with van der Waals surface area (Å²) in [5.74, 6) is 1.78. The van der Waals surface area contributed by atoms with Gasteiger partial charge in [-0.25, -0.2) is 9.97 Å². The van der Waals surface area contributed by atoms with Gasteiger partial charge in [-0.05, 0) is 18.8 Å². The summed E-state index contributed by atoms with van der Waals surface area (Å²) in [5, 5.41) is 0. The van der Waals surface area contributed by atoms with Gasteiger partial charge in [-0.3, -0.25) is 0 Å². The average molecular weight is 209 g/mol. The second-order valence-electron chi connectivity index (χ2n) is 3.93. The lowest BCUT2D eigenvalue weighted by molar-refractivity contribution is 0.276. The molecule has 0 aliphatic heterocycles. The maximum Gasteiger partial charge on any atom is 0.221 e. The first-order chi connectivity index (χ1) is 7.15. The van der Waals surface area contributed by atoms with Gasteiger partial charge < -0.3 is 10.5 Å². The lowest BCUT2D eigenvalue weighted by Crippen LogP contribution is -2.07. The number of hydrogen-bond donors (Lipinski definition) is 1. The van der Waals surface area contributed by atoms with Crippen molar-refractivity contribution in [3.8, 4) is 5.88 Å². The number of ether oxygens (including phenoxy) is 1. The van der Waals surface area contributed by atoms with Crippen molar-refractivity contribution in [1.82, 2.24) is 9.97 Å². The van der Waals surface area contributed by atoms with Crippen molar-refractivity contribution in [3.05, 3.63) is 11.9 Å². The molecule has 0 spiro atoms. The molecule has 1 aromatic rings. The van der Waals surface area contributed by atoms with E-state index in [-0.39, 0.29) is 0 Å². The third kappa shape index (κ3) is 3.38. The van der Waals surface area contributed by atoms with Crippen LogP contribution < -0.4 is 10.5 Å². The fourth-order valence-electron chi connectivity index (χ4n) is 1.26. The van der Waals surface area contributed by atoms with E-state index >= 15 is 0 Å². The Labute approximate surface area is 90.9 Å². The van der Waals surface area contributed by atoms with Gasteiger partial charge in [0.25, 0.3) is 0 Å². The Morgan fingerprint density at radius 2 is 2.13 bits per heavy atom. The maximum absolute atomic E-state index is 5.73. The molecule has 0 saturated carbocycles. The Bertz CT molecular complexity index is 313. The van der Waals surface area contributed by atoms with E-state index in [4.69, 9.17) is 10.5 Å². The van der Waals surface area contributed by atoms with Gasteiger partial charge in [0, 0.05) is 0 Å². The fraction of sp³-hybridized carbons (Fsp3) is 0.636. The van der Waals surface area contributed by atoms with Crippen molar-refractivity contribution in [2.24, 2.45) is 5.92 Å². The molecule has 4 heteroatoms. The van der Waals surface area contributed by atoms with E-state index in [1.54, 1.807) is 0 Å². The van der Waals surface area contributed by atoms with E-state index in [0.717, 1.165) is 18.4 Å². The first kappa shape index (κ1) is 11.8. The molecule has 1 heterocycles. The Morgan fingerprint density at radius 3 is 2.73 bits per heavy atom. The number of hydrogen-bond acceptors (Lipinski definition) is 4. The first-order valence-corrected chi connectivity index (χ1v) is 5.37. The smallest absolute Gasteiger partial charge is 0.221 e. The van der Waals surface area contributed by atoms with Crippen LogP contribution in [0.5, 0.6) is 5.88 Å². The Balaban J connectivity index is 2.64. The molecule has 0 bridgehead atoms. The van der Waals surface area contributed by atoms with Crippen molar-refractivity contribution in [2.75, 3.05) is 12.3 Å². The molecule has 84 valence electrons. The second kappa shape index (κ2) is 5.53. The summed E-state index contributed by atoms with van der Waals surface area (Å²) in [7, 11) is 0. The van der Waals surface area contributed by atoms with E-state index in [1.807, 2.05) is 6.92 Å². The summed E-state index contributed by atoms with van der Waals surface area (Å²) in [6.07, 6.45) is 3.26. The quantitative estimate of drug-likeness (QED) is 0.806. The van der Waals surface area contributed by atoms with Crippen LogP contribution in [0.15, 0.2) is 6.33 Å². The molecule has 0 radical (unpaired) electrons. The third-order valence-corrected chi connectivity index (χ3v) is 2.23. The van der Waals surface area contributed by atoms with Crippen LogP contribution in [0.3, 0.4) is 0 Å². The monoisotopic (exact) mass is 209 g/mol. The van der Waals surface area contributed by atoms with Gasteiger partial charge in [-0.2, -0.15) is 0 Å². The molecular weight excluding hydrogens is 190 g/mol. The minimum atomic E-state index is 0.520. The number of anilines is 1. The van der Waals surface area contributed by atoms with E-state index < -0.39 is 0 Å². The molecule has 0 aromatic carbocycles. The average Bonchev–Trinajstić information content (AvgIpc) is 2.17. The highest BCUT2D eigenvalue weighted by molar-refractivity contribution is 5.44. The maximum atomic E-state index is 5.73. The Morgan fingerprint density at radius 1 is 1.40 bits per heavy atom. The zero-order valence-electron chi connectivity index (χ0n) is 9.66. The molecular formula is C11H19N3O. The summed E-state index contributed by atoms with van der Waals surface area (Å²) >= 11 is 0. The lowest BCUT2D eigenvalue weighted by Gasteiger charge is -2.11. The fourth-order valence-corrected chi connectivity index (χ4v) is 1.26. The van der Waals surface area contributed by atoms with Gasteiger partial charge in [-0.15, -0.1) is 0 Å². The molecule has 2 N–H and O–H groups in total. The third-order valence-electron chi connectivity index (χ3n) is 2.23. The van der Waals surface area contributed by atoms with Gasteiger partial charge in [-0.1, -0.05) is 20.8 Å². The highest BCUT2D eigenvalue weighted by Crippen LogP contribution is 2.20. The van der Waals surface area contributed by atoms with Crippen LogP contribution in [0, 0.1) is 5.92 Å². The zero-order chi connectivity index (χ0) is 11.3. The predicted octanol–water partition coefficient (Wildman–Crippen LogP) is 2.05. The molecule has 0 saturated heterocycles. The molecule has 0 amide bonds. The van der Waals surface area contributed by atoms with Crippen LogP contribution in [0.2, 0.25) is 0 Å². The van der Waals surface area contributed by atoms with Crippen LogP contribution in [-0.4, -0.2) is 16.6 Å². The Hall–Kier alpha value is -1.32.